The maximum Gasteiger partial charge on any atom is 0.349 e. The lowest BCUT2D eigenvalue weighted by Gasteiger charge is -2.25. The lowest BCUT2D eigenvalue weighted by Crippen LogP contribution is -2.40. The van der Waals surface area contributed by atoms with Crippen molar-refractivity contribution in [2.75, 3.05) is 0 Å². The van der Waals surface area contributed by atoms with Gasteiger partial charge in [0, 0.05) is 0 Å². The first kappa shape index (κ1) is 15.6. The van der Waals surface area contributed by atoms with E-state index < -0.39 is 17.1 Å². The van der Waals surface area contributed by atoms with Gasteiger partial charge in [-0.15, -0.1) is 0 Å². The van der Waals surface area contributed by atoms with Crippen LogP contribution in [-0.2, 0) is 9.53 Å². The minimum Gasteiger partial charge on any atom is -0.457 e. The minimum absolute atomic E-state index is 0.249. The maximum atomic E-state index is 11.9. The van der Waals surface area contributed by atoms with Gasteiger partial charge in [0.1, 0.15) is 15.2 Å². The lowest BCUT2D eigenvalue weighted by atomic mass is 9.99. The second-order valence-electron chi connectivity index (χ2n) is 4.18. The van der Waals surface area contributed by atoms with E-state index in [-0.39, 0.29) is 6.42 Å². The van der Waals surface area contributed by atoms with Crippen molar-refractivity contribution < 1.29 is 9.53 Å². The number of aliphatic imine (C=N–C) groups is 1. The molecule has 0 rings (SSSR count). The van der Waals surface area contributed by atoms with Gasteiger partial charge in [-0.25, -0.2) is 9.79 Å². The van der Waals surface area contributed by atoms with Crippen molar-refractivity contribution >= 4 is 41.4 Å². The van der Waals surface area contributed by atoms with E-state index in [9.17, 15) is 4.79 Å². The van der Waals surface area contributed by atoms with Gasteiger partial charge in [-0.2, -0.15) is 5.26 Å². The van der Waals surface area contributed by atoms with Gasteiger partial charge in [0.25, 0.3) is 0 Å². The summed E-state index contributed by atoms with van der Waals surface area (Å²) >= 11 is 6.10. The molecule has 0 spiro atoms. The molecule has 0 aliphatic carbocycles. The average Bonchev–Trinajstić information content (AvgIpc) is 2.11. The van der Waals surface area contributed by atoms with Crippen molar-refractivity contribution in [2.45, 2.75) is 45.3 Å². The van der Waals surface area contributed by atoms with Gasteiger partial charge in [-0.1, -0.05) is 6.92 Å². The lowest BCUT2D eigenvalue weighted by molar-refractivity contribution is -0.159. The fourth-order valence-corrected chi connectivity index (χ4v) is 1.53. The zero-order valence-electron chi connectivity index (χ0n) is 9.67. The Morgan fingerprint density at radius 2 is 1.94 bits per heavy atom. The largest absolute Gasteiger partial charge is 0.457 e. The van der Waals surface area contributed by atoms with Gasteiger partial charge in [-0.3, -0.25) is 0 Å². The molecule has 0 amide bonds. The van der Waals surface area contributed by atoms with Gasteiger partial charge in [-0.05, 0) is 59.1 Å². The molecule has 90 valence electrons. The number of hydrogen-bond acceptors (Lipinski definition) is 4. The molecule has 0 fully saturated rings. The number of ether oxygens (including phenoxy) is 1. The van der Waals surface area contributed by atoms with Crippen LogP contribution in [0.1, 0.15) is 34.1 Å². The van der Waals surface area contributed by atoms with Gasteiger partial charge in [0.05, 0.1) is 0 Å². The van der Waals surface area contributed by atoms with Crippen LogP contribution < -0.4 is 0 Å². The van der Waals surface area contributed by atoms with Crippen LogP contribution in [0.4, 0.5) is 0 Å². The summed E-state index contributed by atoms with van der Waals surface area (Å²) in [5.74, 6) is -0.638. The standard InChI is InChI=1S/C10H14Br2N2O2/c1-5-10(6-13,14-8(11)12)7(15)16-9(2,3)4/h5H2,1-4H3. The van der Waals surface area contributed by atoms with Crippen LogP contribution >= 0.6 is 31.9 Å². The summed E-state index contributed by atoms with van der Waals surface area (Å²) in [5.41, 5.74) is -2.13. The van der Waals surface area contributed by atoms with Crippen LogP contribution in [0.5, 0.6) is 0 Å². The highest BCUT2D eigenvalue weighted by atomic mass is 79.9. The number of nitriles is 1. The molecule has 0 aromatic heterocycles. The predicted molar refractivity (Wildman–Crippen MR) is 69.8 cm³/mol. The first-order valence-corrected chi connectivity index (χ1v) is 6.31. The molecular formula is C10H14Br2N2O2. The zero-order chi connectivity index (χ0) is 13.0. The molecule has 16 heavy (non-hydrogen) atoms. The highest BCUT2D eigenvalue weighted by Crippen LogP contribution is 2.23. The van der Waals surface area contributed by atoms with Crippen molar-refractivity contribution in [1.82, 2.24) is 0 Å². The third-order valence-corrected chi connectivity index (χ3v) is 2.06. The molecule has 0 aliphatic heterocycles. The predicted octanol–water partition coefficient (Wildman–Crippen LogP) is 3.15. The third-order valence-electron chi connectivity index (χ3n) is 1.71. The Hall–Kier alpha value is -0.410. The van der Waals surface area contributed by atoms with Gasteiger partial charge < -0.3 is 4.74 Å². The SMILES string of the molecule is CCC(C#N)(N=C(Br)Br)C(=O)OC(C)(C)C. The van der Waals surface area contributed by atoms with E-state index in [1.807, 2.05) is 6.07 Å². The summed E-state index contributed by atoms with van der Waals surface area (Å²) in [7, 11) is 0. The average molecular weight is 354 g/mol. The molecule has 0 N–H and O–H groups in total. The molecule has 0 saturated heterocycles. The van der Waals surface area contributed by atoms with Gasteiger partial charge >= 0.3 is 5.97 Å². The minimum atomic E-state index is -1.49. The van der Waals surface area contributed by atoms with Gasteiger partial charge in [0.15, 0.2) is 0 Å². The highest BCUT2D eigenvalue weighted by molar-refractivity contribution is 9.39. The Bertz CT molecular complexity index is 338. The zero-order valence-corrected chi connectivity index (χ0v) is 12.8. The summed E-state index contributed by atoms with van der Waals surface area (Å²) < 4.78 is 5.49. The Kier molecular flexibility index (Phi) is 5.63. The van der Waals surface area contributed by atoms with E-state index >= 15 is 0 Å². The summed E-state index contributed by atoms with van der Waals surface area (Å²) in [5, 5.41) is 9.09. The Labute approximate surface area is 112 Å². The molecule has 0 aromatic rings. The topological polar surface area (TPSA) is 62.5 Å². The third kappa shape index (κ3) is 4.62. The summed E-state index contributed by atoms with van der Waals surface area (Å²) in [6, 6.07) is 1.90. The second-order valence-corrected chi connectivity index (χ2v) is 6.75. The fourth-order valence-electron chi connectivity index (χ4n) is 0.926. The van der Waals surface area contributed by atoms with Crippen LogP contribution in [0.3, 0.4) is 0 Å². The molecule has 0 aromatic carbocycles. The van der Waals surface area contributed by atoms with Crippen LogP contribution in [0.15, 0.2) is 4.99 Å². The van der Waals surface area contributed by atoms with E-state index in [1.54, 1.807) is 27.7 Å². The number of rotatable bonds is 3. The van der Waals surface area contributed by atoms with Crippen LogP contribution in [0, 0.1) is 11.3 Å². The Morgan fingerprint density at radius 1 is 1.44 bits per heavy atom. The molecule has 0 saturated carbocycles. The van der Waals surface area contributed by atoms with Crippen molar-refractivity contribution in [3.05, 3.63) is 0 Å². The maximum absolute atomic E-state index is 11.9. The monoisotopic (exact) mass is 352 g/mol. The molecular weight excluding hydrogens is 340 g/mol. The second kappa shape index (κ2) is 5.78. The number of esters is 1. The molecule has 4 nitrogen and oxygen atoms in total. The molecule has 0 bridgehead atoms. The van der Waals surface area contributed by atoms with Gasteiger partial charge in [0.2, 0.25) is 5.54 Å². The van der Waals surface area contributed by atoms with E-state index in [0.29, 0.717) is 3.53 Å². The van der Waals surface area contributed by atoms with Crippen molar-refractivity contribution in [2.24, 2.45) is 4.99 Å². The van der Waals surface area contributed by atoms with E-state index in [4.69, 9.17) is 10.00 Å². The van der Waals surface area contributed by atoms with Crippen molar-refractivity contribution in [3.63, 3.8) is 0 Å². The van der Waals surface area contributed by atoms with Crippen molar-refractivity contribution in [1.29, 1.82) is 5.26 Å². The highest BCUT2D eigenvalue weighted by Gasteiger charge is 2.40. The molecule has 0 heterocycles. The first-order chi connectivity index (χ1) is 7.17. The molecule has 0 aliphatic rings. The Morgan fingerprint density at radius 3 is 2.19 bits per heavy atom. The number of carbonyl (C=O) groups excluding carboxylic acids is 1. The number of nitrogens with zero attached hydrogens (tertiary/aromatic N) is 2. The van der Waals surface area contributed by atoms with Crippen LogP contribution in [0.2, 0.25) is 0 Å². The molecule has 1 unspecified atom stereocenters. The fraction of sp³-hybridized carbons (Fsp3) is 0.700. The number of halogens is 2. The molecule has 1 atom stereocenters. The number of carbonyl (C=O) groups is 1. The molecule has 0 radical (unpaired) electrons. The number of hydrogen-bond donors (Lipinski definition) is 0. The summed E-state index contributed by atoms with van der Waals surface area (Å²) in [6.07, 6.45) is 0.249. The molecule has 6 heteroatoms. The van der Waals surface area contributed by atoms with Crippen LogP contribution in [0.25, 0.3) is 0 Å². The van der Waals surface area contributed by atoms with Crippen LogP contribution in [-0.4, -0.2) is 20.6 Å². The van der Waals surface area contributed by atoms with E-state index in [2.05, 4.69) is 36.9 Å². The van der Waals surface area contributed by atoms with E-state index in [1.165, 1.54) is 0 Å². The Balaban J connectivity index is 5.16. The van der Waals surface area contributed by atoms with Crippen molar-refractivity contribution in [3.8, 4) is 6.07 Å². The summed E-state index contributed by atoms with van der Waals surface area (Å²) in [6.45, 7) is 6.94. The normalized spacial score (nSPS) is 14.6. The quantitative estimate of drug-likeness (QED) is 0.578. The van der Waals surface area contributed by atoms with E-state index in [0.717, 1.165) is 0 Å². The smallest absolute Gasteiger partial charge is 0.349 e. The first-order valence-electron chi connectivity index (χ1n) is 4.72. The summed E-state index contributed by atoms with van der Waals surface area (Å²) in [4.78, 5) is 15.8.